The molecular formula is C18H14ClN3O5. The Morgan fingerprint density at radius 1 is 0.852 bits per heavy atom. The number of halogens is 1. The van der Waals surface area contributed by atoms with Gasteiger partial charge in [-0.25, -0.2) is 28.3 Å². The van der Waals surface area contributed by atoms with Crippen molar-refractivity contribution in [3.8, 4) is 0 Å². The molecule has 3 rings (SSSR count). The van der Waals surface area contributed by atoms with Gasteiger partial charge in [-0.1, -0.05) is 35.9 Å². The lowest BCUT2D eigenvalue weighted by Gasteiger charge is -2.09. The van der Waals surface area contributed by atoms with Crippen molar-refractivity contribution in [2.24, 2.45) is 0 Å². The molecular weight excluding hydrogens is 374 g/mol. The molecule has 0 aliphatic rings. The van der Waals surface area contributed by atoms with Crippen molar-refractivity contribution < 1.29 is 9.90 Å². The second kappa shape index (κ2) is 7.46. The third-order valence-corrected chi connectivity index (χ3v) is 4.21. The molecule has 0 bridgehead atoms. The van der Waals surface area contributed by atoms with Crippen LogP contribution in [0.3, 0.4) is 0 Å². The van der Waals surface area contributed by atoms with E-state index in [1.807, 2.05) is 0 Å². The van der Waals surface area contributed by atoms with E-state index in [1.165, 1.54) is 24.3 Å². The fourth-order valence-corrected chi connectivity index (χ4v) is 2.66. The summed E-state index contributed by atoms with van der Waals surface area (Å²) in [5, 5.41) is 9.44. The molecule has 3 aromatic rings. The first-order chi connectivity index (χ1) is 12.8. The minimum atomic E-state index is -1.08. The molecule has 0 amide bonds. The lowest BCUT2D eigenvalue weighted by Crippen LogP contribution is -2.49. The Labute approximate surface area is 156 Å². The highest BCUT2D eigenvalue weighted by atomic mass is 35.5. The number of nitrogens with zero attached hydrogens (tertiary/aromatic N) is 2. The van der Waals surface area contributed by atoms with Crippen LogP contribution < -0.4 is 17.1 Å². The maximum atomic E-state index is 12.6. The van der Waals surface area contributed by atoms with E-state index in [-0.39, 0.29) is 18.7 Å². The van der Waals surface area contributed by atoms with Gasteiger partial charge in [0.05, 0.1) is 18.7 Å². The van der Waals surface area contributed by atoms with Crippen LogP contribution in [0.5, 0.6) is 0 Å². The monoisotopic (exact) mass is 387 g/mol. The predicted molar refractivity (Wildman–Crippen MR) is 98.6 cm³/mol. The molecule has 2 aromatic carbocycles. The van der Waals surface area contributed by atoms with Crippen molar-refractivity contribution in [1.82, 2.24) is 14.1 Å². The van der Waals surface area contributed by atoms with Gasteiger partial charge in [0.2, 0.25) is 0 Å². The van der Waals surface area contributed by atoms with Crippen LogP contribution in [-0.4, -0.2) is 25.2 Å². The van der Waals surface area contributed by atoms with Gasteiger partial charge in [0, 0.05) is 5.02 Å². The van der Waals surface area contributed by atoms with Crippen LogP contribution in [0.25, 0.3) is 0 Å². The van der Waals surface area contributed by atoms with Crippen molar-refractivity contribution >= 4 is 17.6 Å². The summed E-state index contributed by atoms with van der Waals surface area (Å²) in [7, 11) is 0. The summed E-state index contributed by atoms with van der Waals surface area (Å²) < 4.78 is 1.79. The molecule has 0 saturated heterocycles. The lowest BCUT2D eigenvalue weighted by atomic mass is 10.1. The first kappa shape index (κ1) is 18.4. The summed E-state index contributed by atoms with van der Waals surface area (Å²) in [6.45, 7) is -0.126. The maximum Gasteiger partial charge on any atom is 0.336 e. The average Bonchev–Trinajstić information content (AvgIpc) is 2.64. The highest BCUT2D eigenvalue weighted by molar-refractivity contribution is 6.30. The summed E-state index contributed by atoms with van der Waals surface area (Å²) in [4.78, 5) is 49.8. The number of carbonyl (C=O) groups is 1. The Hall–Kier alpha value is -3.39. The molecule has 0 radical (unpaired) electrons. The number of benzene rings is 2. The Morgan fingerprint density at radius 3 is 1.74 bits per heavy atom. The van der Waals surface area contributed by atoms with Crippen LogP contribution in [0.2, 0.25) is 5.02 Å². The van der Waals surface area contributed by atoms with E-state index in [0.29, 0.717) is 16.1 Å². The number of carboxylic acids is 1. The SMILES string of the molecule is O=C(O)c1ccc(Cn2c(=O)[nH]c(=O)n(Cc3ccc(Cl)cc3)c2=O)cc1. The van der Waals surface area contributed by atoms with Crippen molar-refractivity contribution in [2.75, 3.05) is 0 Å². The molecule has 138 valence electrons. The van der Waals surface area contributed by atoms with Crippen molar-refractivity contribution in [1.29, 1.82) is 0 Å². The summed E-state index contributed by atoms with van der Waals surface area (Å²) in [6, 6.07) is 12.4. The van der Waals surface area contributed by atoms with Gasteiger partial charge < -0.3 is 5.11 Å². The number of rotatable bonds is 5. The molecule has 0 unspecified atom stereocenters. The number of nitrogens with one attached hydrogen (secondary N) is 1. The molecule has 27 heavy (non-hydrogen) atoms. The molecule has 1 heterocycles. The minimum absolute atomic E-state index is 0.0242. The molecule has 0 aliphatic carbocycles. The van der Waals surface area contributed by atoms with Gasteiger partial charge >= 0.3 is 23.0 Å². The molecule has 0 spiro atoms. The summed E-state index contributed by atoms with van der Waals surface area (Å²) >= 11 is 5.83. The van der Waals surface area contributed by atoms with Crippen LogP contribution >= 0.6 is 11.6 Å². The van der Waals surface area contributed by atoms with E-state index < -0.39 is 23.0 Å². The smallest absolute Gasteiger partial charge is 0.336 e. The number of aromatic carboxylic acids is 1. The normalized spacial score (nSPS) is 10.7. The Kier molecular flexibility index (Phi) is 5.09. The van der Waals surface area contributed by atoms with E-state index in [2.05, 4.69) is 4.98 Å². The molecule has 0 aliphatic heterocycles. The van der Waals surface area contributed by atoms with E-state index in [1.54, 1.807) is 24.3 Å². The standard InChI is InChI=1S/C18H14ClN3O5/c19-14-7-3-12(4-8-14)10-22-17(26)20-16(25)21(18(22)27)9-11-1-5-13(6-2-11)15(23)24/h1-8H,9-10H2,(H,23,24)(H,20,25,26). The number of carboxylic acid groups (broad SMARTS) is 1. The number of aromatic amines is 1. The van der Waals surface area contributed by atoms with Gasteiger partial charge in [0.1, 0.15) is 0 Å². The van der Waals surface area contributed by atoms with E-state index >= 15 is 0 Å². The van der Waals surface area contributed by atoms with Gasteiger partial charge in [0.15, 0.2) is 0 Å². The van der Waals surface area contributed by atoms with E-state index in [9.17, 15) is 19.2 Å². The van der Waals surface area contributed by atoms with Crippen LogP contribution in [0.1, 0.15) is 21.5 Å². The maximum absolute atomic E-state index is 12.6. The first-order valence-electron chi connectivity index (χ1n) is 7.86. The predicted octanol–water partition coefficient (Wildman–Crippen LogP) is 1.15. The van der Waals surface area contributed by atoms with E-state index in [0.717, 1.165) is 9.13 Å². The van der Waals surface area contributed by atoms with Crippen molar-refractivity contribution in [3.05, 3.63) is 102 Å². The molecule has 0 atom stereocenters. The Morgan fingerprint density at radius 2 is 1.30 bits per heavy atom. The fourth-order valence-electron chi connectivity index (χ4n) is 2.53. The zero-order valence-corrected chi connectivity index (χ0v) is 14.6. The Balaban J connectivity index is 1.97. The van der Waals surface area contributed by atoms with Crippen molar-refractivity contribution in [2.45, 2.75) is 13.1 Å². The van der Waals surface area contributed by atoms with E-state index in [4.69, 9.17) is 16.7 Å². The van der Waals surface area contributed by atoms with Gasteiger partial charge in [-0.15, -0.1) is 0 Å². The van der Waals surface area contributed by atoms with Crippen LogP contribution in [0, 0.1) is 0 Å². The van der Waals surface area contributed by atoms with Crippen LogP contribution in [-0.2, 0) is 13.1 Å². The highest BCUT2D eigenvalue weighted by Gasteiger charge is 2.11. The number of aromatic nitrogens is 3. The number of H-pyrrole nitrogens is 1. The van der Waals surface area contributed by atoms with Crippen LogP contribution in [0.4, 0.5) is 0 Å². The number of hydrogen-bond donors (Lipinski definition) is 2. The highest BCUT2D eigenvalue weighted by Crippen LogP contribution is 2.09. The largest absolute Gasteiger partial charge is 0.478 e. The summed E-state index contributed by atoms with van der Waals surface area (Å²) in [5.74, 6) is -1.08. The second-order valence-electron chi connectivity index (χ2n) is 5.82. The van der Waals surface area contributed by atoms with Gasteiger partial charge in [-0.3, -0.25) is 4.98 Å². The van der Waals surface area contributed by atoms with Crippen molar-refractivity contribution in [3.63, 3.8) is 0 Å². The molecule has 1 aromatic heterocycles. The molecule has 8 nitrogen and oxygen atoms in total. The average molecular weight is 388 g/mol. The molecule has 2 N–H and O–H groups in total. The number of hydrogen-bond acceptors (Lipinski definition) is 4. The van der Waals surface area contributed by atoms with Gasteiger partial charge in [-0.2, -0.15) is 0 Å². The van der Waals surface area contributed by atoms with Gasteiger partial charge in [0.25, 0.3) is 0 Å². The third kappa shape index (κ3) is 4.06. The lowest BCUT2D eigenvalue weighted by molar-refractivity contribution is 0.0697. The summed E-state index contributed by atoms with van der Waals surface area (Å²) in [5.41, 5.74) is -1.10. The molecule has 0 saturated carbocycles. The molecule has 0 fully saturated rings. The third-order valence-electron chi connectivity index (χ3n) is 3.96. The quantitative estimate of drug-likeness (QED) is 0.681. The van der Waals surface area contributed by atoms with Gasteiger partial charge in [-0.05, 0) is 35.4 Å². The van der Waals surface area contributed by atoms with Crippen LogP contribution in [0.15, 0.2) is 62.9 Å². The minimum Gasteiger partial charge on any atom is -0.478 e. The Bertz CT molecular complexity index is 1160. The zero-order valence-electron chi connectivity index (χ0n) is 13.9. The zero-order chi connectivity index (χ0) is 19.6. The summed E-state index contributed by atoms with van der Waals surface area (Å²) in [6.07, 6.45) is 0. The molecule has 9 heteroatoms. The first-order valence-corrected chi connectivity index (χ1v) is 8.23. The fraction of sp³-hybridized carbons (Fsp3) is 0.111. The topological polar surface area (TPSA) is 114 Å². The second-order valence-corrected chi connectivity index (χ2v) is 6.26.